The maximum atomic E-state index is 13.7. The number of hydrogen-bond acceptors (Lipinski definition) is 5. The summed E-state index contributed by atoms with van der Waals surface area (Å²) in [7, 11) is 1.49. The Balaban J connectivity index is 1.81. The molecule has 4 aromatic rings. The van der Waals surface area contributed by atoms with Crippen molar-refractivity contribution in [1.29, 1.82) is 0 Å². The van der Waals surface area contributed by atoms with E-state index in [9.17, 15) is 4.39 Å². The van der Waals surface area contributed by atoms with Crippen molar-refractivity contribution in [3.05, 3.63) is 66.7 Å². The maximum absolute atomic E-state index is 13.7. The summed E-state index contributed by atoms with van der Waals surface area (Å²) in [4.78, 5) is 8.67. The summed E-state index contributed by atoms with van der Waals surface area (Å²) in [5, 5.41) is 7.33. The molecule has 0 aliphatic carbocycles. The van der Waals surface area contributed by atoms with Gasteiger partial charge in [-0.05, 0) is 6.07 Å². The zero-order valence-corrected chi connectivity index (χ0v) is 13.3. The zero-order chi connectivity index (χ0) is 17.2. The second kappa shape index (κ2) is 6.20. The van der Waals surface area contributed by atoms with Gasteiger partial charge in [0.15, 0.2) is 0 Å². The fourth-order valence-corrected chi connectivity index (χ4v) is 2.56. The SMILES string of the molecule is COc1cc(F)cc(Nc2cc(-c3ccccc3)nc3ncnn23)c1. The highest BCUT2D eigenvalue weighted by molar-refractivity contribution is 5.68. The van der Waals surface area contributed by atoms with Crippen LogP contribution in [0.15, 0.2) is 60.9 Å². The molecule has 0 aliphatic rings. The minimum Gasteiger partial charge on any atom is -0.497 e. The van der Waals surface area contributed by atoms with Crippen LogP contribution in [0.1, 0.15) is 0 Å². The standard InChI is InChI=1S/C18H14FN5O/c1-25-15-8-13(19)7-14(9-15)22-17-10-16(12-5-3-2-4-6-12)23-18-20-11-21-24(17)18/h2-11,22H,1H3. The average molecular weight is 335 g/mol. The Morgan fingerprint density at radius 3 is 2.72 bits per heavy atom. The fourth-order valence-electron chi connectivity index (χ4n) is 2.56. The van der Waals surface area contributed by atoms with Crippen molar-refractivity contribution in [1.82, 2.24) is 19.6 Å². The molecule has 4 rings (SSSR count). The first kappa shape index (κ1) is 15.1. The van der Waals surface area contributed by atoms with Crippen molar-refractivity contribution >= 4 is 17.3 Å². The molecule has 0 spiro atoms. The van der Waals surface area contributed by atoms with Crippen LogP contribution in [0.4, 0.5) is 15.9 Å². The third-order valence-electron chi connectivity index (χ3n) is 3.70. The van der Waals surface area contributed by atoms with Gasteiger partial charge in [-0.3, -0.25) is 0 Å². The van der Waals surface area contributed by atoms with E-state index in [1.54, 1.807) is 10.6 Å². The van der Waals surface area contributed by atoms with Gasteiger partial charge in [-0.2, -0.15) is 14.6 Å². The Hall–Kier alpha value is -3.48. The van der Waals surface area contributed by atoms with Gasteiger partial charge in [-0.15, -0.1) is 0 Å². The van der Waals surface area contributed by atoms with E-state index in [1.165, 1.54) is 25.6 Å². The smallest absolute Gasteiger partial charge is 0.254 e. The Bertz CT molecular complexity index is 1030. The van der Waals surface area contributed by atoms with Crippen LogP contribution >= 0.6 is 0 Å². The minimum atomic E-state index is -0.394. The zero-order valence-electron chi connectivity index (χ0n) is 13.3. The summed E-state index contributed by atoms with van der Waals surface area (Å²) < 4.78 is 20.4. The molecule has 2 aromatic heterocycles. The van der Waals surface area contributed by atoms with Gasteiger partial charge in [0, 0.05) is 29.4 Å². The van der Waals surface area contributed by atoms with Gasteiger partial charge in [0.05, 0.1) is 12.8 Å². The number of nitrogens with one attached hydrogen (secondary N) is 1. The van der Waals surface area contributed by atoms with Gasteiger partial charge >= 0.3 is 0 Å². The first-order valence-electron chi connectivity index (χ1n) is 7.61. The maximum Gasteiger partial charge on any atom is 0.254 e. The highest BCUT2D eigenvalue weighted by Crippen LogP contribution is 2.26. The largest absolute Gasteiger partial charge is 0.497 e. The number of benzene rings is 2. The van der Waals surface area contributed by atoms with E-state index in [0.717, 1.165) is 11.3 Å². The summed E-state index contributed by atoms with van der Waals surface area (Å²) in [5.74, 6) is 1.10. The van der Waals surface area contributed by atoms with E-state index in [2.05, 4.69) is 20.4 Å². The number of aromatic nitrogens is 4. The molecule has 2 heterocycles. The van der Waals surface area contributed by atoms with Crippen molar-refractivity contribution in [2.45, 2.75) is 0 Å². The summed E-state index contributed by atoms with van der Waals surface area (Å²) in [6, 6.07) is 16.0. The van der Waals surface area contributed by atoms with Gasteiger partial charge < -0.3 is 10.1 Å². The predicted octanol–water partition coefficient (Wildman–Crippen LogP) is 3.68. The predicted molar refractivity (Wildman–Crippen MR) is 92.5 cm³/mol. The molecule has 0 aliphatic heterocycles. The Morgan fingerprint density at radius 1 is 1.08 bits per heavy atom. The van der Waals surface area contributed by atoms with Gasteiger partial charge in [-0.25, -0.2) is 9.37 Å². The summed E-state index contributed by atoms with van der Waals surface area (Å²) in [5.41, 5.74) is 2.23. The fraction of sp³-hybridized carbons (Fsp3) is 0.0556. The molecule has 7 heteroatoms. The number of hydrogen-bond donors (Lipinski definition) is 1. The number of fused-ring (bicyclic) bond motifs is 1. The Labute approximate surface area is 142 Å². The van der Waals surface area contributed by atoms with E-state index >= 15 is 0 Å². The lowest BCUT2D eigenvalue weighted by Crippen LogP contribution is -2.03. The lowest BCUT2D eigenvalue weighted by Gasteiger charge is -2.11. The highest BCUT2D eigenvalue weighted by atomic mass is 19.1. The number of methoxy groups -OCH3 is 1. The van der Waals surface area contributed by atoms with Crippen molar-refractivity contribution in [2.75, 3.05) is 12.4 Å². The summed E-state index contributed by atoms with van der Waals surface area (Å²) in [6.45, 7) is 0. The highest BCUT2D eigenvalue weighted by Gasteiger charge is 2.10. The quantitative estimate of drug-likeness (QED) is 0.616. The minimum absolute atomic E-state index is 0.394. The van der Waals surface area contributed by atoms with E-state index in [-0.39, 0.29) is 0 Å². The second-order valence-corrected chi connectivity index (χ2v) is 5.37. The van der Waals surface area contributed by atoms with Gasteiger partial charge in [0.25, 0.3) is 5.78 Å². The van der Waals surface area contributed by atoms with Crippen LogP contribution in [-0.4, -0.2) is 26.7 Å². The van der Waals surface area contributed by atoms with E-state index < -0.39 is 5.82 Å². The normalized spacial score (nSPS) is 10.8. The molecular weight excluding hydrogens is 321 g/mol. The molecule has 25 heavy (non-hydrogen) atoms. The summed E-state index contributed by atoms with van der Waals surface area (Å²) in [6.07, 6.45) is 1.43. The first-order chi connectivity index (χ1) is 12.2. The Kier molecular flexibility index (Phi) is 3.74. The van der Waals surface area contributed by atoms with Crippen molar-refractivity contribution in [3.63, 3.8) is 0 Å². The number of ether oxygens (including phenoxy) is 1. The van der Waals surface area contributed by atoms with Crippen molar-refractivity contribution in [3.8, 4) is 17.0 Å². The molecule has 0 radical (unpaired) electrons. The number of rotatable bonds is 4. The van der Waals surface area contributed by atoms with Gasteiger partial charge in [0.2, 0.25) is 0 Å². The molecule has 0 saturated heterocycles. The summed E-state index contributed by atoms with van der Waals surface area (Å²) >= 11 is 0. The lowest BCUT2D eigenvalue weighted by molar-refractivity contribution is 0.411. The molecule has 0 saturated carbocycles. The third-order valence-corrected chi connectivity index (χ3v) is 3.70. The van der Waals surface area contributed by atoms with Gasteiger partial charge in [-0.1, -0.05) is 30.3 Å². The monoisotopic (exact) mass is 335 g/mol. The number of anilines is 2. The van der Waals surface area contributed by atoms with Crippen LogP contribution in [0.25, 0.3) is 17.0 Å². The van der Waals surface area contributed by atoms with Crippen molar-refractivity contribution < 1.29 is 9.13 Å². The molecule has 0 bridgehead atoms. The molecule has 2 aromatic carbocycles. The van der Waals surface area contributed by atoms with Crippen molar-refractivity contribution in [2.24, 2.45) is 0 Å². The lowest BCUT2D eigenvalue weighted by atomic mass is 10.1. The molecular formula is C18H14FN5O. The first-order valence-corrected chi connectivity index (χ1v) is 7.61. The topological polar surface area (TPSA) is 64.3 Å². The molecule has 0 unspecified atom stereocenters. The van der Waals surface area contributed by atoms with Crippen LogP contribution in [0.5, 0.6) is 5.75 Å². The van der Waals surface area contributed by atoms with Crippen LogP contribution in [0, 0.1) is 5.82 Å². The molecule has 6 nitrogen and oxygen atoms in total. The second-order valence-electron chi connectivity index (χ2n) is 5.37. The van der Waals surface area contributed by atoms with E-state index in [4.69, 9.17) is 4.74 Å². The molecule has 1 N–H and O–H groups in total. The molecule has 124 valence electrons. The number of nitrogens with zero attached hydrogens (tertiary/aromatic N) is 4. The van der Waals surface area contributed by atoms with Crippen LogP contribution < -0.4 is 10.1 Å². The molecule has 0 fully saturated rings. The van der Waals surface area contributed by atoms with Crippen LogP contribution in [0.3, 0.4) is 0 Å². The van der Waals surface area contributed by atoms with E-state index in [1.807, 2.05) is 36.4 Å². The molecule has 0 amide bonds. The molecule has 0 atom stereocenters. The Morgan fingerprint density at radius 2 is 1.92 bits per heavy atom. The van der Waals surface area contributed by atoms with Gasteiger partial charge in [0.1, 0.15) is 23.7 Å². The number of halogens is 1. The van der Waals surface area contributed by atoms with Crippen LogP contribution in [0.2, 0.25) is 0 Å². The van der Waals surface area contributed by atoms with E-state index in [0.29, 0.717) is 23.0 Å². The average Bonchev–Trinajstić information content (AvgIpc) is 3.11. The third kappa shape index (κ3) is 2.99. The van der Waals surface area contributed by atoms with Crippen LogP contribution in [-0.2, 0) is 0 Å².